The standard InChI is InChI=1S/C14H13F2NO2/c1-2-14(18)13-4-3-11(8-17-13)19-12-6-9(15)5-10(16)7-12/h3-8,14,18H,2H2,1H3/t14-/m0/s1. The van der Waals surface area contributed by atoms with Crippen LogP contribution in [-0.2, 0) is 0 Å². The van der Waals surface area contributed by atoms with Gasteiger partial charge in [0, 0.05) is 18.2 Å². The van der Waals surface area contributed by atoms with E-state index in [0.717, 1.165) is 18.2 Å². The van der Waals surface area contributed by atoms with Crippen LogP contribution in [0.15, 0.2) is 36.5 Å². The van der Waals surface area contributed by atoms with Gasteiger partial charge < -0.3 is 9.84 Å². The summed E-state index contributed by atoms with van der Waals surface area (Å²) >= 11 is 0. The second kappa shape index (κ2) is 5.75. The van der Waals surface area contributed by atoms with Crippen LogP contribution in [-0.4, -0.2) is 10.1 Å². The maximum atomic E-state index is 13.0. The van der Waals surface area contributed by atoms with Gasteiger partial charge in [-0.15, -0.1) is 0 Å². The van der Waals surface area contributed by atoms with Crippen LogP contribution < -0.4 is 4.74 Å². The van der Waals surface area contributed by atoms with E-state index >= 15 is 0 Å². The van der Waals surface area contributed by atoms with Gasteiger partial charge in [-0.25, -0.2) is 8.78 Å². The number of ether oxygens (including phenoxy) is 1. The summed E-state index contributed by atoms with van der Waals surface area (Å²) in [5.74, 6) is -1.01. The van der Waals surface area contributed by atoms with E-state index in [1.54, 1.807) is 12.1 Å². The van der Waals surface area contributed by atoms with E-state index in [9.17, 15) is 13.9 Å². The average Bonchev–Trinajstić information content (AvgIpc) is 2.37. The summed E-state index contributed by atoms with van der Waals surface area (Å²) in [6.45, 7) is 1.84. The topological polar surface area (TPSA) is 42.4 Å². The predicted molar refractivity (Wildman–Crippen MR) is 65.9 cm³/mol. The van der Waals surface area contributed by atoms with E-state index < -0.39 is 17.7 Å². The monoisotopic (exact) mass is 265 g/mol. The van der Waals surface area contributed by atoms with Crippen LogP contribution in [0.3, 0.4) is 0 Å². The molecule has 2 rings (SSSR count). The van der Waals surface area contributed by atoms with Crippen LogP contribution in [0.5, 0.6) is 11.5 Å². The largest absolute Gasteiger partial charge is 0.456 e. The number of aliphatic hydroxyl groups excluding tert-OH is 1. The van der Waals surface area contributed by atoms with Crippen molar-refractivity contribution >= 4 is 0 Å². The summed E-state index contributed by atoms with van der Waals surface area (Å²) in [6, 6.07) is 6.13. The van der Waals surface area contributed by atoms with Crippen LogP contribution >= 0.6 is 0 Å². The van der Waals surface area contributed by atoms with Gasteiger partial charge in [0.2, 0.25) is 0 Å². The number of nitrogens with zero attached hydrogens (tertiary/aromatic N) is 1. The third-order valence-electron chi connectivity index (χ3n) is 2.56. The van der Waals surface area contributed by atoms with Gasteiger partial charge in [0.05, 0.1) is 18.0 Å². The van der Waals surface area contributed by atoms with Crippen molar-refractivity contribution in [3.63, 3.8) is 0 Å². The molecule has 0 saturated heterocycles. The molecule has 1 heterocycles. The van der Waals surface area contributed by atoms with Gasteiger partial charge >= 0.3 is 0 Å². The molecule has 1 aromatic carbocycles. The van der Waals surface area contributed by atoms with Gasteiger partial charge in [0.1, 0.15) is 23.1 Å². The van der Waals surface area contributed by atoms with Crippen LogP contribution in [0.25, 0.3) is 0 Å². The highest BCUT2D eigenvalue weighted by atomic mass is 19.1. The maximum absolute atomic E-state index is 13.0. The number of pyridine rings is 1. The Hall–Kier alpha value is -2.01. The van der Waals surface area contributed by atoms with E-state index in [2.05, 4.69) is 4.98 Å². The lowest BCUT2D eigenvalue weighted by molar-refractivity contribution is 0.169. The minimum Gasteiger partial charge on any atom is -0.456 e. The molecule has 1 atom stereocenters. The summed E-state index contributed by atoms with van der Waals surface area (Å²) in [5, 5.41) is 9.58. The lowest BCUT2D eigenvalue weighted by Gasteiger charge is -2.09. The molecule has 0 aliphatic rings. The highest BCUT2D eigenvalue weighted by molar-refractivity contribution is 5.31. The third-order valence-corrected chi connectivity index (χ3v) is 2.56. The Balaban J connectivity index is 2.15. The molecule has 1 aromatic heterocycles. The first-order valence-corrected chi connectivity index (χ1v) is 5.86. The Kier molecular flexibility index (Phi) is 4.06. The fourth-order valence-corrected chi connectivity index (χ4v) is 1.58. The minimum atomic E-state index is -0.707. The molecule has 0 aliphatic carbocycles. The molecule has 1 N–H and O–H groups in total. The lowest BCUT2D eigenvalue weighted by atomic mass is 10.2. The van der Waals surface area contributed by atoms with Crippen molar-refractivity contribution in [3.05, 3.63) is 53.9 Å². The normalized spacial score (nSPS) is 12.2. The van der Waals surface area contributed by atoms with Gasteiger partial charge in [-0.3, -0.25) is 4.98 Å². The predicted octanol–water partition coefficient (Wildman–Crippen LogP) is 3.60. The molecule has 3 nitrogen and oxygen atoms in total. The smallest absolute Gasteiger partial charge is 0.145 e. The second-order valence-corrected chi connectivity index (χ2v) is 4.05. The SMILES string of the molecule is CC[C@H](O)c1ccc(Oc2cc(F)cc(F)c2)cn1. The van der Waals surface area contributed by atoms with Crippen LogP contribution in [0.4, 0.5) is 8.78 Å². The Bertz CT molecular complexity index is 538. The molecular weight excluding hydrogens is 252 g/mol. The molecule has 0 unspecified atom stereocenters. The lowest BCUT2D eigenvalue weighted by Crippen LogP contribution is -1.98. The fraction of sp³-hybridized carbons (Fsp3) is 0.214. The highest BCUT2D eigenvalue weighted by Gasteiger charge is 2.07. The molecule has 5 heteroatoms. The number of aliphatic hydroxyl groups is 1. The minimum absolute atomic E-state index is 0.0584. The summed E-state index contributed by atoms with van der Waals surface area (Å²) in [6.07, 6.45) is 1.33. The molecule has 0 fully saturated rings. The van der Waals surface area contributed by atoms with E-state index in [4.69, 9.17) is 4.74 Å². The molecule has 0 radical (unpaired) electrons. The number of aromatic nitrogens is 1. The summed E-state index contributed by atoms with van der Waals surface area (Å²) in [5.41, 5.74) is 0.528. The van der Waals surface area contributed by atoms with Crippen molar-refractivity contribution in [1.82, 2.24) is 4.98 Å². The molecule has 0 amide bonds. The van der Waals surface area contributed by atoms with Crippen molar-refractivity contribution in [1.29, 1.82) is 0 Å². The van der Waals surface area contributed by atoms with Gasteiger partial charge in [-0.05, 0) is 18.6 Å². The van der Waals surface area contributed by atoms with Gasteiger partial charge in [-0.2, -0.15) is 0 Å². The van der Waals surface area contributed by atoms with Crippen molar-refractivity contribution in [2.75, 3.05) is 0 Å². The number of hydrogen-bond acceptors (Lipinski definition) is 3. The van der Waals surface area contributed by atoms with E-state index in [-0.39, 0.29) is 5.75 Å². The van der Waals surface area contributed by atoms with Crippen molar-refractivity contribution in [3.8, 4) is 11.5 Å². The summed E-state index contributed by atoms with van der Waals surface area (Å²) < 4.78 is 31.2. The molecule has 2 aromatic rings. The van der Waals surface area contributed by atoms with E-state index in [1.807, 2.05) is 6.92 Å². The Morgan fingerprint density at radius 2 is 1.84 bits per heavy atom. The van der Waals surface area contributed by atoms with Crippen molar-refractivity contribution in [2.45, 2.75) is 19.4 Å². The highest BCUT2D eigenvalue weighted by Crippen LogP contribution is 2.24. The average molecular weight is 265 g/mol. The quantitative estimate of drug-likeness (QED) is 0.918. The van der Waals surface area contributed by atoms with Gasteiger partial charge in [-0.1, -0.05) is 6.92 Å². The van der Waals surface area contributed by atoms with Crippen LogP contribution in [0.1, 0.15) is 25.1 Å². The maximum Gasteiger partial charge on any atom is 0.145 e. The molecule has 100 valence electrons. The number of hydrogen-bond donors (Lipinski definition) is 1. The number of benzene rings is 1. The third kappa shape index (κ3) is 3.48. The Morgan fingerprint density at radius 1 is 1.16 bits per heavy atom. The summed E-state index contributed by atoms with van der Waals surface area (Å²) in [4.78, 5) is 4.03. The Morgan fingerprint density at radius 3 is 2.37 bits per heavy atom. The molecular formula is C14H13F2NO2. The van der Waals surface area contributed by atoms with Gasteiger partial charge in [0.15, 0.2) is 0 Å². The molecule has 0 aliphatic heterocycles. The number of halogens is 2. The van der Waals surface area contributed by atoms with E-state index in [0.29, 0.717) is 17.9 Å². The first-order valence-electron chi connectivity index (χ1n) is 5.86. The van der Waals surface area contributed by atoms with Crippen LogP contribution in [0.2, 0.25) is 0 Å². The molecule has 0 bridgehead atoms. The first-order chi connectivity index (χ1) is 9.08. The zero-order valence-corrected chi connectivity index (χ0v) is 10.3. The zero-order valence-electron chi connectivity index (χ0n) is 10.3. The zero-order chi connectivity index (χ0) is 13.8. The van der Waals surface area contributed by atoms with Crippen LogP contribution in [0, 0.1) is 11.6 Å². The molecule has 0 saturated carbocycles. The molecule has 19 heavy (non-hydrogen) atoms. The fourth-order valence-electron chi connectivity index (χ4n) is 1.58. The number of rotatable bonds is 4. The molecule has 0 spiro atoms. The van der Waals surface area contributed by atoms with Crippen molar-refractivity contribution < 1.29 is 18.6 Å². The Labute approximate surface area is 109 Å². The second-order valence-electron chi connectivity index (χ2n) is 4.05. The van der Waals surface area contributed by atoms with Crippen molar-refractivity contribution in [2.24, 2.45) is 0 Å². The van der Waals surface area contributed by atoms with Gasteiger partial charge in [0.25, 0.3) is 0 Å². The first kappa shape index (κ1) is 13.4. The summed E-state index contributed by atoms with van der Waals surface area (Å²) in [7, 11) is 0. The van der Waals surface area contributed by atoms with E-state index in [1.165, 1.54) is 6.20 Å².